The molecule has 3 aromatic rings. The van der Waals surface area contributed by atoms with Gasteiger partial charge in [0.2, 0.25) is 16.0 Å². The second-order valence-electron chi connectivity index (χ2n) is 7.60. The molecule has 5 N–H and O–H groups in total. The molecule has 2 aromatic heterocycles. The van der Waals surface area contributed by atoms with Gasteiger partial charge in [-0.1, -0.05) is 23.5 Å². The number of carboxylic acid groups (broad SMARTS) is 1. The van der Waals surface area contributed by atoms with Crippen molar-refractivity contribution in [2.75, 3.05) is 17.2 Å². The molecule has 0 saturated carbocycles. The number of aliphatic carboxylic acids is 1. The highest BCUT2D eigenvalue weighted by Gasteiger charge is 2.19. The van der Waals surface area contributed by atoms with Gasteiger partial charge in [0.25, 0.3) is 0 Å². The first-order valence-corrected chi connectivity index (χ1v) is 13.2. The van der Waals surface area contributed by atoms with E-state index in [1.54, 1.807) is 26.0 Å². The summed E-state index contributed by atoms with van der Waals surface area (Å²) < 4.78 is 27.9. The van der Waals surface area contributed by atoms with Crippen molar-refractivity contribution in [3.63, 3.8) is 0 Å². The molecule has 0 spiro atoms. The van der Waals surface area contributed by atoms with Gasteiger partial charge >= 0.3 is 11.9 Å². The lowest BCUT2D eigenvalue weighted by atomic mass is 10.1. The van der Waals surface area contributed by atoms with Crippen molar-refractivity contribution in [2.24, 2.45) is 5.14 Å². The van der Waals surface area contributed by atoms with Crippen molar-refractivity contribution in [3.8, 4) is 0 Å². The van der Waals surface area contributed by atoms with Gasteiger partial charge in [0.05, 0.1) is 23.6 Å². The van der Waals surface area contributed by atoms with Crippen molar-refractivity contribution in [2.45, 2.75) is 38.1 Å². The number of thiazole rings is 1. The zero-order valence-electron chi connectivity index (χ0n) is 19.8. The highest BCUT2D eigenvalue weighted by molar-refractivity contribution is 7.89. The fourth-order valence-electron chi connectivity index (χ4n) is 3.01. The molecule has 13 nitrogen and oxygen atoms in total. The predicted octanol–water partition coefficient (Wildman–Crippen LogP) is 2.47. The van der Waals surface area contributed by atoms with Crippen LogP contribution in [-0.4, -0.2) is 52.8 Å². The lowest BCUT2D eigenvalue weighted by molar-refractivity contribution is -0.136. The fourth-order valence-corrected chi connectivity index (χ4v) is 4.38. The first kappa shape index (κ1) is 27.6. The maximum Gasteiger partial charge on any atom is 0.350 e. The van der Waals surface area contributed by atoms with E-state index in [-0.39, 0.29) is 48.3 Å². The van der Waals surface area contributed by atoms with E-state index in [1.165, 1.54) is 18.2 Å². The van der Waals surface area contributed by atoms with Crippen LogP contribution in [0.15, 0.2) is 35.2 Å². The van der Waals surface area contributed by atoms with E-state index in [0.29, 0.717) is 21.3 Å². The number of hydrogen-bond acceptors (Lipinski definition) is 12. The number of carbonyl (C=O) groups is 3. The Morgan fingerprint density at radius 1 is 1.11 bits per heavy atom. The van der Waals surface area contributed by atoms with E-state index in [1.807, 2.05) is 0 Å². The Hall–Kier alpha value is -3.95. The second-order valence-corrected chi connectivity index (χ2v) is 10.2. The lowest BCUT2D eigenvalue weighted by Gasteiger charge is -2.10. The lowest BCUT2D eigenvalue weighted by Crippen LogP contribution is -2.12. The zero-order valence-corrected chi connectivity index (χ0v) is 21.5. The summed E-state index contributed by atoms with van der Waals surface area (Å²) in [7, 11) is -3.82. The second kappa shape index (κ2) is 11.9. The highest BCUT2D eigenvalue weighted by Crippen LogP contribution is 2.26. The molecule has 0 atom stereocenters. The molecule has 0 saturated heterocycles. The molecule has 0 radical (unpaired) electrons. The third-order valence-corrected chi connectivity index (χ3v) is 6.76. The molecule has 0 bridgehead atoms. The number of ether oxygens (including phenoxy) is 1. The maximum atomic E-state index is 12.6. The van der Waals surface area contributed by atoms with Crippen LogP contribution in [0.4, 0.5) is 16.9 Å². The summed E-state index contributed by atoms with van der Waals surface area (Å²) in [4.78, 5) is 48.6. The molecule has 0 aliphatic rings. The van der Waals surface area contributed by atoms with Gasteiger partial charge in [-0.2, -0.15) is 4.98 Å². The average Bonchev–Trinajstić information content (AvgIpc) is 3.20. The molecular formula is C22H24N6O7S2. The van der Waals surface area contributed by atoms with Crippen LogP contribution in [0.3, 0.4) is 0 Å². The minimum atomic E-state index is -3.82. The Labute approximate surface area is 216 Å². The van der Waals surface area contributed by atoms with Gasteiger partial charge in [0, 0.05) is 19.0 Å². The van der Waals surface area contributed by atoms with Crippen LogP contribution in [0.5, 0.6) is 0 Å². The van der Waals surface area contributed by atoms with Gasteiger partial charge in [0.1, 0.15) is 16.4 Å². The van der Waals surface area contributed by atoms with Crippen molar-refractivity contribution in [1.29, 1.82) is 0 Å². The van der Waals surface area contributed by atoms with Gasteiger partial charge in [-0.05, 0) is 31.5 Å². The fraction of sp³-hybridized carbons (Fsp3) is 0.273. The standard InChI is InChI=1S/C22H24N6O7S2/c1-3-35-20(32)19-12(2)25-22(36-19)28-21-26-15(16(29)8-9-18(30)31)10-17(27-21)24-11-13-4-6-14(7-5-13)37(23,33)34/h4-7,10H,3,8-9,11H2,1-2H3,(H,30,31)(H2,23,33,34)(H2,24,25,26,27,28). The van der Waals surface area contributed by atoms with Gasteiger partial charge in [0.15, 0.2) is 10.9 Å². The Morgan fingerprint density at radius 3 is 2.43 bits per heavy atom. The summed E-state index contributed by atoms with van der Waals surface area (Å²) in [6.45, 7) is 3.77. The van der Waals surface area contributed by atoms with Gasteiger partial charge in [-0.25, -0.2) is 28.3 Å². The molecule has 0 aliphatic carbocycles. The van der Waals surface area contributed by atoms with Crippen molar-refractivity contribution < 1.29 is 32.6 Å². The van der Waals surface area contributed by atoms with Crippen molar-refractivity contribution in [1.82, 2.24) is 15.0 Å². The number of nitrogens with one attached hydrogen (secondary N) is 2. The van der Waals surface area contributed by atoms with Crippen molar-refractivity contribution in [3.05, 3.63) is 52.2 Å². The third kappa shape index (κ3) is 7.77. The summed E-state index contributed by atoms with van der Waals surface area (Å²) >= 11 is 1.03. The number of aryl methyl sites for hydroxylation is 1. The van der Waals surface area contributed by atoms with Crippen LogP contribution >= 0.6 is 11.3 Å². The van der Waals surface area contributed by atoms with Gasteiger partial charge < -0.3 is 15.2 Å². The largest absolute Gasteiger partial charge is 0.481 e. The molecule has 196 valence electrons. The summed E-state index contributed by atoms with van der Waals surface area (Å²) in [5.74, 6) is -1.90. The normalized spacial score (nSPS) is 11.1. The third-order valence-electron chi connectivity index (χ3n) is 4.78. The minimum absolute atomic E-state index is 0.00240. The number of nitrogens with zero attached hydrogens (tertiary/aromatic N) is 3. The Bertz CT molecular complexity index is 1420. The van der Waals surface area contributed by atoms with E-state index in [0.717, 1.165) is 11.3 Å². The summed E-state index contributed by atoms with van der Waals surface area (Å²) in [6.07, 6.45) is -0.622. The number of sulfonamides is 1. The molecular weight excluding hydrogens is 524 g/mol. The number of primary sulfonamides is 1. The molecule has 3 rings (SSSR count). The topological polar surface area (TPSA) is 204 Å². The highest BCUT2D eigenvalue weighted by atomic mass is 32.2. The number of aromatic nitrogens is 3. The molecule has 15 heteroatoms. The Balaban J connectivity index is 1.85. The van der Waals surface area contributed by atoms with Crippen molar-refractivity contribution >= 4 is 56.0 Å². The monoisotopic (exact) mass is 548 g/mol. The number of esters is 1. The number of benzene rings is 1. The van der Waals surface area contributed by atoms with Crippen LogP contribution in [0.1, 0.15) is 51.2 Å². The van der Waals surface area contributed by atoms with E-state index < -0.39 is 27.7 Å². The van der Waals surface area contributed by atoms with E-state index in [9.17, 15) is 22.8 Å². The zero-order chi connectivity index (χ0) is 27.2. The first-order chi connectivity index (χ1) is 17.5. The molecule has 2 heterocycles. The van der Waals surface area contributed by atoms with Crippen LogP contribution in [0, 0.1) is 6.92 Å². The molecule has 0 aliphatic heterocycles. The molecule has 1 aromatic carbocycles. The van der Waals surface area contributed by atoms with Crippen LogP contribution in [-0.2, 0) is 26.1 Å². The van der Waals surface area contributed by atoms with Crippen LogP contribution < -0.4 is 15.8 Å². The number of hydrogen-bond donors (Lipinski definition) is 4. The number of nitrogens with two attached hydrogens (primary N) is 1. The van der Waals surface area contributed by atoms with Crippen LogP contribution in [0.2, 0.25) is 0 Å². The quantitative estimate of drug-likeness (QED) is 0.190. The summed E-state index contributed by atoms with van der Waals surface area (Å²) in [5, 5.41) is 20.2. The summed E-state index contributed by atoms with van der Waals surface area (Å²) in [6, 6.07) is 7.26. The Kier molecular flexibility index (Phi) is 8.86. The first-order valence-electron chi connectivity index (χ1n) is 10.9. The number of carboxylic acids is 1. The minimum Gasteiger partial charge on any atom is -0.481 e. The van der Waals surface area contributed by atoms with Gasteiger partial charge in [-0.15, -0.1) is 0 Å². The van der Waals surface area contributed by atoms with Gasteiger partial charge in [-0.3, -0.25) is 14.9 Å². The molecule has 37 heavy (non-hydrogen) atoms. The molecule has 0 fully saturated rings. The number of rotatable bonds is 12. The SMILES string of the molecule is CCOC(=O)c1sc(Nc2nc(NCc3ccc(S(N)(=O)=O)cc3)cc(C(=O)CCC(=O)O)n2)nc1C. The predicted molar refractivity (Wildman–Crippen MR) is 134 cm³/mol. The number of ketones is 1. The molecule has 0 unspecified atom stereocenters. The number of Topliss-reactive ketones (excluding diaryl/α,β-unsaturated/α-hetero) is 1. The smallest absolute Gasteiger partial charge is 0.350 e. The van der Waals surface area contributed by atoms with Crippen LogP contribution in [0.25, 0.3) is 0 Å². The average molecular weight is 549 g/mol. The number of anilines is 3. The summed E-state index contributed by atoms with van der Waals surface area (Å²) in [5.41, 5.74) is 1.12. The van der Waals surface area contributed by atoms with E-state index in [4.69, 9.17) is 15.0 Å². The molecule has 0 amide bonds. The maximum absolute atomic E-state index is 12.6. The Morgan fingerprint density at radius 2 is 1.81 bits per heavy atom. The number of carbonyl (C=O) groups excluding carboxylic acids is 2. The van der Waals surface area contributed by atoms with E-state index in [2.05, 4.69) is 25.6 Å². The van der Waals surface area contributed by atoms with E-state index >= 15 is 0 Å².